The summed E-state index contributed by atoms with van der Waals surface area (Å²) in [6, 6.07) is 4.35. The predicted molar refractivity (Wildman–Crippen MR) is 120 cm³/mol. The Morgan fingerprint density at radius 3 is 2.61 bits per heavy atom. The van der Waals surface area contributed by atoms with Gasteiger partial charge in [-0.05, 0) is 58.2 Å². The fourth-order valence-electron chi connectivity index (χ4n) is 3.96. The molecule has 3 rings (SSSR count). The van der Waals surface area contributed by atoms with Crippen LogP contribution in [-0.4, -0.2) is 60.0 Å². The summed E-state index contributed by atoms with van der Waals surface area (Å²) in [7, 11) is -3.89. The zero-order valence-corrected chi connectivity index (χ0v) is 19.6. The van der Waals surface area contributed by atoms with Crippen molar-refractivity contribution in [1.29, 1.82) is 0 Å². The van der Waals surface area contributed by atoms with Crippen molar-refractivity contribution in [1.82, 2.24) is 14.2 Å². The molecule has 0 spiro atoms. The Balaban J connectivity index is 1.99. The van der Waals surface area contributed by atoms with E-state index in [1.165, 1.54) is 4.31 Å². The third-order valence-electron chi connectivity index (χ3n) is 5.37. The molecule has 2 heterocycles. The fraction of sp³-hybridized carbons (Fsp3) is 0.545. The molecule has 1 saturated heterocycles. The van der Waals surface area contributed by atoms with E-state index in [0.29, 0.717) is 30.2 Å². The van der Waals surface area contributed by atoms with Crippen molar-refractivity contribution in [2.45, 2.75) is 64.0 Å². The molecule has 8 nitrogen and oxygen atoms in total. The maximum atomic E-state index is 13.7. The number of aromatic amines is 1. The van der Waals surface area contributed by atoms with Crippen LogP contribution < -0.4 is 5.56 Å². The highest BCUT2D eigenvalue weighted by Gasteiger charge is 2.35. The second kappa shape index (κ2) is 8.63. The number of aromatic nitrogens is 1. The average Bonchev–Trinajstić information content (AvgIpc) is 2.89. The number of amides is 1. The van der Waals surface area contributed by atoms with Crippen LogP contribution in [0.15, 0.2) is 34.1 Å². The molecule has 1 N–H and O–H groups in total. The molecule has 31 heavy (non-hydrogen) atoms. The van der Waals surface area contributed by atoms with Crippen molar-refractivity contribution in [3.05, 3.63) is 40.3 Å². The number of benzene rings is 1. The number of sulfonamides is 1. The van der Waals surface area contributed by atoms with Gasteiger partial charge < -0.3 is 14.6 Å². The van der Waals surface area contributed by atoms with E-state index in [4.69, 9.17) is 4.74 Å². The van der Waals surface area contributed by atoms with Gasteiger partial charge in [-0.25, -0.2) is 13.2 Å². The summed E-state index contributed by atoms with van der Waals surface area (Å²) < 4.78 is 34.4. The minimum absolute atomic E-state index is 0.130. The lowest BCUT2D eigenvalue weighted by molar-refractivity contribution is 0.0244. The first-order valence-corrected chi connectivity index (χ1v) is 12.0. The molecule has 1 aliphatic rings. The Hall–Kier alpha value is -2.39. The Morgan fingerprint density at radius 1 is 1.26 bits per heavy atom. The molecule has 1 aliphatic heterocycles. The Labute approximate surface area is 183 Å². The second-order valence-corrected chi connectivity index (χ2v) is 10.8. The quantitative estimate of drug-likeness (QED) is 0.776. The summed E-state index contributed by atoms with van der Waals surface area (Å²) in [6.07, 6.45) is 2.22. The Bertz CT molecular complexity index is 1130. The monoisotopic (exact) mass is 449 g/mol. The SMILES string of the molecule is CCc1c[nH]c(=O)c2cccc(S(=O)(=O)N3CCCN(C(=O)OC(C)(C)C)C[C@H]3C)c12. The van der Waals surface area contributed by atoms with Crippen molar-refractivity contribution in [3.63, 3.8) is 0 Å². The number of nitrogens with zero attached hydrogens (tertiary/aromatic N) is 2. The van der Waals surface area contributed by atoms with Crippen LogP contribution in [0.25, 0.3) is 10.8 Å². The maximum absolute atomic E-state index is 13.7. The average molecular weight is 450 g/mol. The summed E-state index contributed by atoms with van der Waals surface area (Å²) in [6.45, 7) is 10.1. The number of hydrogen-bond donors (Lipinski definition) is 1. The molecule has 2 aromatic rings. The lowest BCUT2D eigenvalue weighted by Gasteiger charge is -2.30. The molecule has 0 saturated carbocycles. The number of carbonyl (C=O) groups is 1. The summed E-state index contributed by atoms with van der Waals surface area (Å²) in [5.74, 6) is 0. The number of hydrogen-bond acceptors (Lipinski definition) is 5. The molecule has 0 radical (unpaired) electrons. The molecule has 170 valence electrons. The Morgan fingerprint density at radius 2 is 1.97 bits per heavy atom. The van der Waals surface area contributed by atoms with E-state index < -0.39 is 27.8 Å². The molecule has 9 heteroatoms. The van der Waals surface area contributed by atoms with Gasteiger partial charge in [-0.3, -0.25) is 4.79 Å². The first-order valence-electron chi connectivity index (χ1n) is 10.6. The van der Waals surface area contributed by atoms with E-state index in [2.05, 4.69) is 4.98 Å². The largest absolute Gasteiger partial charge is 0.444 e. The number of ether oxygens (including phenoxy) is 1. The highest BCUT2D eigenvalue weighted by molar-refractivity contribution is 7.89. The van der Waals surface area contributed by atoms with E-state index in [9.17, 15) is 18.0 Å². The number of carbonyl (C=O) groups excluding carboxylic acids is 1. The van der Waals surface area contributed by atoms with Crippen molar-refractivity contribution < 1.29 is 17.9 Å². The third-order valence-corrected chi connectivity index (χ3v) is 7.43. The molecular weight excluding hydrogens is 418 g/mol. The fourth-order valence-corrected chi connectivity index (χ4v) is 5.87. The van der Waals surface area contributed by atoms with Crippen LogP contribution in [0.3, 0.4) is 0 Å². The molecule has 1 fully saturated rings. The van der Waals surface area contributed by atoms with Crippen LogP contribution in [0, 0.1) is 0 Å². The minimum Gasteiger partial charge on any atom is -0.444 e. The number of nitrogens with one attached hydrogen (secondary N) is 1. The molecule has 1 aromatic heterocycles. The third kappa shape index (κ3) is 4.77. The molecule has 0 unspecified atom stereocenters. The minimum atomic E-state index is -3.89. The van der Waals surface area contributed by atoms with E-state index in [-0.39, 0.29) is 23.5 Å². The zero-order valence-electron chi connectivity index (χ0n) is 18.8. The number of aryl methyl sites for hydroxylation is 1. The van der Waals surface area contributed by atoms with E-state index in [1.54, 1.807) is 57.0 Å². The number of fused-ring (bicyclic) bond motifs is 1. The first-order chi connectivity index (χ1) is 14.5. The van der Waals surface area contributed by atoms with Gasteiger partial charge in [-0.1, -0.05) is 13.0 Å². The van der Waals surface area contributed by atoms with Gasteiger partial charge in [0.25, 0.3) is 5.56 Å². The molecule has 0 bridgehead atoms. The lowest BCUT2D eigenvalue weighted by atomic mass is 10.1. The van der Waals surface area contributed by atoms with E-state index in [1.807, 2.05) is 6.92 Å². The zero-order chi connectivity index (χ0) is 23.0. The first kappa shape index (κ1) is 23.3. The van der Waals surface area contributed by atoms with E-state index >= 15 is 0 Å². The summed E-state index contributed by atoms with van der Waals surface area (Å²) in [5.41, 5.74) is -0.166. The maximum Gasteiger partial charge on any atom is 0.410 e. The van der Waals surface area contributed by atoms with Gasteiger partial charge in [0, 0.05) is 42.6 Å². The number of rotatable bonds is 3. The molecule has 0 aliphatic carbocycles. The van der Waals surface area contributed by atoms with Crippen LogP contribution in [0.1, 0.15) is 46.6 Å². The lowest BCUT2D eigenvalue weighted by Crippen LogP contribution is -2.45. The van der Waals surface area contributed by atoms with Crippen LogP contribution in [0.2, 0.25) is 0 Å². The van der Waals surface area contributed by atoms with Gasteiger partial charge in [0.1, 0.15) is 5.60 Å². The normalized spacial score (nSPS) is 18.7. The smallest absolute Gasteiger partial charge is 0.410 e. The van der Waals surface area contributed by atoms with Crippen molar-refractivity contribution in [3.8, 4) is 0 Å². The summed E-state index contributed by atoms with van der Waals surface area (Å²) >= 11 is 0. The molecular formula is C22H31N3O5S. The number of pyridine rings is 1. The highest BCUT2D eigenvalue weighted by Crippen LogP contribution is 2.29. The van der Waals surface area contributed by atoms with Crippen molar-refractivity contribution >= 4 is 26.9 Å². The molecule has 1 atom stereocenters. The van der Waals surface area contributed by atoms with Crippen LogP contribution >= 0.6 is 0 Å². The number of H-pyrrole nitrogens is 1. The van der Waals surface area contributed by atoms with Crippen molar-refractivity contribution in [2.75, 3.05) is 19.6 Å². The van der Waals surface area contributed by atoms with Gasteiger partial charge in [0.05, 0.1) is 4.90 Å². The second-order valence-electron chi connectivity index (χ2n) is 8.92. The topological polar surface area (TPSA) is 99.8 Å². The van der Waals surface area contributed by atoms with Crippen molar-refractivity contribution in [2.24, 2.45) is 0 Å². The van der Waals surface area contributed by atoms with Crippen LogP contribution in [0.4, 0.5) is 4.79 Å². The van der Waals surface area contributed by atoms with Gasteiger partial charge in [0.2, 0.25) is 10.0 Å². The predicted octanol–water partition coefficient (Wildman–Crippen LogP) is 3.11. The summed E-state index contributed by atoms with van der Waals surface area (Å²) in [5, 5.41) is 0.826. The standard InChI is InChI=1S/C22H31N3O5S/c1-6-16-13-23-20(26)17-9-7-10-18(19(16)17)31(28,29)25-12-8-11-24(14-15(25)2)21(27)30-22(3,4)5/h7,9-10,13,15H,6,8,11-12,14H2,1-5H3,(H,23,26)/t15-/m1/s1. The van der Waals surface area contributed by atoms with Crippen LogP contribution in [-0.2, 0) is 21.2 Å². The van der Waals surface area contributed by atoms with Crippen LogP contribution in [0.5, 0.6) is 0 Å². The highest BCUT2D eigenvalue weighted by atomic mass is 32.2. The molecule has 1 aromatic carbocycles. The van der Waals surface area contributed by atoms with Gasteiger partial charge in [0.15, 0.2) is 0 Å². The van der Waals surface area contributed by atoms with Gasteiger partial charge in [-0.2, -0.15) is 4.31 Å². The molecule has 1 amide bonds. The summed E-state index contributed by atoms with van der Waals surface area (Å²) in [4.78, 5) is 29.2. The Kier molecular flexibility index (Phi) is 6.48. The van der Waals surface area contributed by atoms with Gasteiger partial charge in [-0.15, -0.1) is 0 Å². The van der Waals surface area contributed by atoms with E-state index in [0.717, 1.165) is 5.56 Å². The van der Waals surface area contributed by atoms with Gasteiger partial charge >= 0.3 is 6.09 Å².